The average Bonchev–Trinajstić information content (AvgIpc) is 3.33. The first-order valence-electron chi connectivity index (χ1n) is 14.8. The zero-order chi connectivity index (χ0) is 35.5. The van der Waals surface area contributed by atoms with Crippen LogP contribution in [0.1, 0.15) is 37.7 Å². The van der Waals surface area contributed by atoms with Gasteiger partial charge in [0.05, 0.1) is 39.4 Å². The number of carbonyl (C=O) groups excluding carboxylic acids is 6. The van der Waals surface area contributed by atoms with Gasteiger partial charge in [-0.2, -0.15) is 0 Å². The Morgan fingerprint density at radius 2 is 1.65 bits per heavy atom. The second-order valence-electron chi connectivity index (χ2n) is 10.1. The topological polar surface area (TPSA) is 269 Å². The molecule has 0 radical (unpaired) electrons. The summed E-state index contributed by atoms with van der Waals surface area (Å²) in [6, 6.07) is 2.85. The van der Waals surface area contributed by atoms with Gasteiger partial charge in [0.2, 0.25) is 11.8 Å². The van der Waals surface area contributed by atoms with Gasteiger partial charge in [0.25, 0.3) is 11.8 Å². The zero-order valence-corrected chi connectivity index (χ0v) is 27.1. The number of ether oxygens (including phenoxy) is 2. The molecule has 1 unspecified atom stereocenters. The molecule has 0 aromatic heterocycles. The molecule has 0 bridgehead atoms. The molecule has 48 heavy (non-hydrogen) atoms. The van der Waals surface area contributed by atoms with Crippen molar-refractivity contribution in [3.63, 3.8) is 0 Å². The van der Waals surface area contributed by atoms with Crippen LogP contribution in [0.3, 0.4) is 0 Å². The number of aryl methyl sites for hydroxylation is 1. The van der Waals surface area contributed by atoms with E-state index in [2.05, 4.69) is 31.9 Å². The molecule has 0 saturated carbocycles. The van der Waals surface area contributed by atoms with E-state index in [1.54, 1.807) is 13.0 Å². The number of carbonyl (C=O) groups is 7. The average molecular weight is 697 g/mol. The van der Waals surface area contributed by atoms with Crippen LogP contribution >= 0.6 is 12.2 Å². The Bertz CT molecular complexity index is 1330. The van der Waals surface area contributed by atoms with Gasteiger partial charge < -0.3 is 51.7 Å². The predicted octanol–water partition coefficient (Wildman–Crippen LogP) is -0.549. The van der Waals surface area contributed by atoms with Gasteiger partial charge in [0.1, 0.15) is 6.04 Å². The number of anilines is 2. The molecule has 1 aromatic carbocycles. The van der Waals surface area contributed by atoms with Crippen molar-refractivity contribution in [1.29, 1.82) is 0 Å². The standard InChI is InChI=1S/C28H40N8O11S/c1-17-15-18(33-28(43)44)4-5-19(17)35-25(41)20(3-2-9-30-26(29)42)34-21(37)16-32-27(48)31-10-12-46-14-13-45-11-8-24(40)47-36-22(38)6-7-23(36)39/h4-5,15,20,33H,2-3,6-14,16H2,1H3,(H,34,37)(H,35,41)(H,43,44)(H3,29,30,42)(H2,31,32,48). The third kappa shape index (κ3) is 15.5. The fourth-order valence-electron chi connectivity index (χ4n) is 4.00. The maximum absolute atomic E-state index is 13.1. The lowest BCUT2D eigenvalue weighted by Crippen LogP contribution is -2.49. The Balaban J connectivity index is 1.66. The highest BCUT2D eigenvalue weighted by Crippen LogP contribution is 2.20. The minimum Gasteiger partial charge on any atom is -0.465 e. The fraction of sp³-hybridized carbons (Fsp3) is 0.500. The van der Waals surface area contributed by atoms with Gasteiger partial charge >= 0.3 is 18.1 Å². The highest BCUT2D eigenvalue weighted by molar-refractivity contribution is 7.80. The Morgan fingerprint density at radius 1 is 0.958 bits per heavy atom. The van der Waals surface area contributed by atoms with Crippen LogP contribution in [0.15, 0.2) is 18.2 Å². The Kier molecular flexibility index (Phi) is 17.0. The van der Waals surface area contributed by atoms with E-state index in [1.807, 2.05) is 0 Å². The number of hydrogen-bond donors (Lipinski definition) is 8. The molecule has 0 spiro atoms. The number of carboxylic acid groups (broad SMARTS) is 1. The zero-order valence-electron chi connectivity index (χ0n) is 26.3. The molecule has 20 heteroatoms. The van der Waals surface area contributed by atoms with Crippen LogP contribution in [0.4, 0.5) is 21.0 Å². The van der Waals surface area contributed by atoms with Gasteiger partial charge in [0, 0.05) is 37.3 Å². The van der Waals surface area contributed by atoms with Gasteiger partial charge in [-0.1, -0.05) is 0 Å². The minimum absolute atomic E-state index is 0.0125. The molecule has 1 aliphatic heterocycles. The molecule has 2 rings (SSSR count). The number of nitrogens with one attached hydrogen (secondary N) is 6. The molecule has 9 N–H and O–H groups in total. The molecular weight excluding hydrogens is 656 g/mol. The second kappa shape index (κ2) is 20.9. The van der Waals surface area contributed by atoms with Crippen LogP contribution < -0.4 is 37.6 Å². The molecule has 1 atom stereocenters. The van der Waals surface area contributed by atoms with Crippen molar-refractivity contribution in [3.8, 4) is 0 Å². The maximum Gasteiger partial charge on any atom is 0.409 e. The minimum atomic E-state index is -1.23. The summed E-state index contributed by atoms with van der Waals surface area (Å²) >= 11 is 5.17. The Labute approximate surface area is 280 Å². The summed E-state index contributed by atoms with van der Waals surface area (Å²) < 4.78 is 10.7. The van der Waals surface area contributed by atoms with E-state index in [4.69, 9.17) is 37.4 Å². The van der Waals surface area contributed by atoms with Gasteiger partial charge in [-0.25, -0.2) is 14.4 Å². The van der Waals surface area contributed by atoms with Crippen LogP contribution in [0, 0.1) is 6.92 Å². The van der Waals surface area contributed by atoms with E-state index in [0.29, 0.717) is 35.0 Å². The number of hydrogen-bond acceptors (Lipinski definition) is 11. The van der Waals surface area contributed by atoms with Gasteiger partial charge in [-0.05, 0) is 55.7 Å². The number of nitrogens with zero attached hydrogens (tertiary/aromatic N) is 1. The maximum atomic E-state index is 13.1. The fourth-order valence-corrected chi connectivity index (χ4v) is 4.17. The first-order chi connectivity index (χ1) is 22.8. The molecule has 1 aliphatic rings. The van der Waals surface area contributed by atoms with Crippen LogP contribution in [-0.4, -0.2) is 109 Å². The third-order valence-corrected chi connectivity index (χ3v) is 6.61. The number of amides is 7. The summed E-state index contributed by atoms with van der Waals surface area (Å²) in [6.07, 6.45) is -0.846. The smallest absolute Gasteiger partial charge is 0.409 e. The number of benzene rings is 1. The normalized spacial score (nSPS) is 12.9. The summed E-state index contributed by atoms with van der Waals surface area (Å²) in [5.74, 6) is -2.93. The van der Waals surface area contributed by atoms with Gasteiger partial charge in [0.15, 0.2) is 5.11 Å². The van der Waals surface area contributed by atoms with Gasteiger partial charge in [-0.3, -0.25) is 24.5 Å². The molecular formula is C28H40N8O11S. The predicted molar refractivity (Wildman–Crippen MR) is 172 cm³/mol. The number of rotatable bonds is 20. The Hall–Kier alpha value is -5.08. The molecule has 264 valence electrons. The van der Waals surface area contributed by atoms with Crippen LogP contribution in [-0.2, 0) is 38.3 Å². The van der Waals surface area contributed by atoms with E-state index in [0.717, 1.165) is 0 Å². The van der Waals surface area contributed by atoms with E-state index in [-0.39, 0.29) is 70.3 Å². The van der Waals surface area contributed by atoms with Crippen molar-refractivity contribution < 1.29 is 53.0 Å². The number of nitrogens with two attached hydrogens (primary N) is 1. The Morgan fingerprint density at radius 3 is 2.29 bits per heavy atom. The van der Waals surface area contributed by atoms with Crippen LogP contribution in [0.2, 0.25) is 0 Å². The second-order valence-corrected chi connectivity index (χ2v) is 10.5. The van der Waals surface area contributed by atoms with Gasteiger partial charge in [-0.15, -0.1) is 5.06 Å². The summed E-state index contributed by atoms with van der Waals surface area (Å²) in [6.45, 7) is 2.56. The van der Waals surface area contributed by atoms with Crippen molar-refractivity contribution in [2.75, 3.05) is 56.7 Å². The lowest BCUT2D eigenvalue weighted by molar-refractivity contribution is -0.198. The third-order valence-electron chi connectivity index (χ3n) is 6.32. The molecule has 0 aliphatic carbocycles. The number of thiocarbonyl (C=S) groups is 1. The van der Waals surface area contributed by atoms with Crippen molar-refractivity contribution in [3.05, 3.63) is 23.8 Å². The van der Waals surface area contributed by atoms with Crippen molar-refractivity contribution >= 4 is 70.4 Å². The quantitative estimate of drug-likeness (QED) is 0.0483. The lowest BCUT2D eigenvalue weighted by atomic mass is 10.1. The molecule has 1 saturated heterocycles. The molecule has 1 heterocycles. The molecule has 19 nitrogen and oxygen atoms in total. The van der Waals surface area contributed by atoms with E-state index in [1.165, 1.54) is 12.1 Å². The summed E-state index contributed by atoms with van der Waals surface area (Å²) in [5, 5.41) is 25.1. The van der Waals surface area contributed by atoms with Crippen molar-refractivity contribution in [2.45, 2.75) is 45.1 Å². The first kappa shape index (κ1) is 39.1. The monoisotopic (exact) mass is 696 g/mol. The van der Waals surface area contributed by atoms with Crippen molar-refractivity contribution in [2.24, 2.45) is 5.73 Å². The van der Waals surface area contributed by atoms with Crippen molar-refractivity contribution in [1.82, 2.24) is 26.3 Å². The lowest BCUT2D eigenvalue weighted by Gasteiger charge is -2.20. The molecule has 1 aromatic rings. The number of hydroxylamine groups is 2. The number of urea groups is 1. The summed E-state index contributed by atoms with van der Waals surface area (Å²) in [4.78, 5) is 86.9. The summed E-state index contributed by atoms with van der Waals surface area (Å²) in [5.41, 5.74) is 6.40. The SMILES string of the molecule is Cc1cc(NC(=O)O)ccc1NC(=O)C(CCCNC(N)=O)NC(=O)CNC(=S)NCCOCCOCCC(=O)ON1C(=O)CCC1=O. The van der Waals surface area contributed by atoms with Crippen LogP contribution in [0.5, 0.6) is 0 Å². The number of imide groups is 1. The first-order valence-corrected chi connectivity index (χ1v) is 15.2. The molecule has 7 amide bonds. The van der Waals surface area contributed by atoms with E-state index < -0.39 is 47.8 Å². The molecule has 1 fully saturated rings. The highest BCUT2D eigenvalue weighted by atomic mass is 32.1. The largest absolute Gasteiger partial charge is 0.465 e. The van der Waals surface area contributed by atoms with Crippen LogP contribution in [0.25, 0.3) is 0 Å². The van der Waals surface area contributed by atoms with E-state index >= 15 is 0 Å². The van der Waals surface area contributed by atoms with E-state index in [9.17, 15) is 33.6 Å². The highest BCUT2D eigenvalue weighted by Gasteiger charge is 2.32. The summed E-state index contributed by atoms with van der Waals surface area (Å²) in [7, 11) is 0. The number of primary amides is 1.